The van der Waals surface area contributed by atoms with E-state index in [1.54, 1.807) is 7.11 Å². The van der Waals surface area contributed by atoms with Crippen molar-refractivity contribution in [3.63, 3.8) is 0 Å². The molecular weight excluding hydrogens is 378 g/mol. The summed E-state index contributed by atoms with van der Waals surface area (Å²) in [6.07, 6.45) is 1.97. The number of benzene rings is 1. The third-order valence-electron chi connectivity index (χ3n) is 4.14. The summed E-state index contributed by atoms with van der Waals surface area (Å²) in [5.41, 5.74) is 6.02. The average molecular weight is 406 g/mol. The predicted molar refractivity (Wildman–Crippen MR) is 109 cm³/mol. The van der Waals surface area contributed by atoms with Gasteiger partial charge in [-0.25, -0.2) is 4.79 Å². The summed E-state index contributed by atoms with van der Waals surface area (Å²) in [4.78, 5) is 23.4. The first-order valence-corrected chi connectivity index (χ1v) is 10.1. The van der Waals surface area contributed by atoms with Crippen LogP contribution in [0.1, 0.15) is 33.6 Å². The van der Waals surface area contributed by atoms with Crippen LogP contribution in [0.5, 0.6) is 5.75 Å². The van der Waals surface area contributed by atoms with E-state index in [4.69, 9.17) is 10.5 Å². The van der Waals surface area contributed by atoms with Gasteiger partial charge in [-0.15, -0.1) is 10.2 Å². The van der Waals surface area contributed by atoms with Gasteiger partial charge >= 0.3 is 6.03 Å². The van der Waals surface area contributed by atoms with Gasteiger partial charge in [-0.1, -0.05) is 39.0 Å². The summed E-state index contributed by atoms with van der Waals surface area (Å²) in [7, 11) is 1.62. The lowest BCUT2D eigenvalue weighted by atomic mass is 10.1. The molecule has 0 aliphatic carbocycles. The molecule has 0 saturated heterocycles. The molecule has 0 saturated carbocycles. The van der Waals surface area contributed by atoms with Crippen LogP contribution in [0, 0.1) is 5.92 Å². The number of urea groups is 1. The molecule has 1 atom stereocenters. The van der Waals surface area contributed by atoms with Crippen molar-refractivity contribution in [3.05, 3.63) is 24.3 Å². The van der Waals surface area contributed by atoms with Crippen molar-refractivity contribution < 1.29 is 14.3 Å². The lowest BCUT2D eigenvalue weighted by Gasteiger charge is -2.19. The van der Waals surface area contributed by atoms with Gasteiger partial charge in [0.1, 0.15) is 5.75 Å². The molecule has 3 N–H and O–H groups in total. The van der Waals surface area contributed by atoms with Gasteiger partial charge in [-0.3, -0.25) is 10.1 Å². The zero-order valence-corrected chi connectivity index (χ0v) is 17.5. The normalized spacial score (nSPS) is 12.0. The Morgan fingerprint density at radius 1 is 1.25 bits per heavy atom. The first-order valence-electron chi connectivity index (χ1n) is 9.21. The smallest absolute Gasteiger partial charge is 0.318 e. The van der Waals surface area contributed by atoms with Crippen molar-refractivity contribution in [2.75, 3.05) is 7.11 Å². The number of methoxy groups -OCH3 is 1. The Hall–Kier alpha value is -2.55. The number of carbonyl (C=O) groups is 2. The van der Waals surface area contributed by atoms with Crippen molar-refractivity contribution in [2.45, 2.75) is 50.6 Å². The molecule has 2 aromatic rings. The molecule has 28 heavy (non-hydrogen) atoms. The fraction of sp³-hybridized carbons (Fsp3) is 0.474. The molecular formula is C19H27N5O3S. The Bertz CT molecular complexity index is 804. The maximum Gasteiger partial charge on any atom is 0.318 e. The number of thioether (sulfide) groups is 1. The van der Waals surface area contributed by atoms with Crippen LogP contribution in [0.2, 0.25) is 0 Å². The maximum absolute atomic E-state index is 12.4. The summed E-state index contributed by atoms with van der Waals surface area (Å²) in [6.45, 7) is 6.67. The molecule has 0 fully saturated rings. The van der Waals surface area contributed by atoms with Crippen LogP contribution < -0.4 is 15.8 Å². The fourth-order valence-electron chi connectivity index (χ4n) is 2.65. The molecule has 152 valence electrons. The number of hydrogen-bond donors (Lipinski definition) is 2. The van der Waals surface area contributed by atoms with Crippen molar-refractivity contribution >= 4 is 23.7 Å². The molecule has 0 aliphatic heterocycles. The van der Waals surface area contributed by atoms with Crippen LogP contribution in [-0.4, -0.2) is 39.1 Å². The number of nitrogens with one attached hydrogen (secondary N) is 1. The number of nitrogens with two attached hydrogens (primary N) is 1. The highest BCUT2D eigenvalue weighted by Crippen LogP contribution is 2.31. The first-order chi connectivity index (χ1) is 13.4. The summed E-state index contributed by atoms with van der Waals surface area (Å²) in [5.74, 6) is 1.05. The lowest BCUT2D eigenvalue weighted by molar-refractivity contribution is -0.120. The molecule has 8 nitrogen and oxygen atoms in total. The van der Waals surface area contributed by atoms with Crippen LogP contribution in [0.15, 0.2) is 29.4 Å². The zero-order valence-electron chi connectivity index (χ0n) is 16.6. The third-order valence-corrected chi connectivity index (χ3v) is 5.67. The average Bonchev–Trinajstić information content (AvgIpc) is 3.06. The topological polar surface area (TPSA) is 112 Å². The molecule has 0 radical (unpaired) electrons. The number of rotatable bonds is 9. The van der Waals surface area contributed by atoms with Gasteiger partial charge < -0.3 is 15.0 Å². The van der Waals surface area contributed by atoms with E-state index in [0.717, 1.165) is 36.5 Å². The van der Waals surface area contributed by atoms with E-state index < -0.39 is 17.2 Å². The Morgan fingerprint density at radius 2 is 1.93 bits per heavy atom. The van der Waals surface area contributed by atoms with Crippen molar-refractivity contribution in [1.29, 1.82) is 0 Å². The minimum Gasteiger partial charge on any atom is -0.497 e. The Labute approximate surface area is 169 Å². The predicted octanol–water partition coefficient (Wildman–Crippen LogP) is 3.07. The number of nitrogens with zero attached hydrogens (tertiary/aromatic N) is 3. The number of primary amides is 1. The largest absolute Gasteiger partial charge is 0.497 e. The van der Waals surface area contributed by atoms with E-state index in [9.17, 15) is 9.59 Å². The minimum atomic E-state index is -0.859. The number of amides is 3. The van der Waals surface area contributed by atoms with E-state index in [1.807, 2.05) is 42.7 Å². The number of imide groups is 1. The number of unbranched alkanes of at least 4 members (excludes halogenated alkanes) is 1. The van der Waals surface area contributed by atoms with Gasteiger partial charge in [0, 0.05) is 12.1 Å². The summed E-state index contributed by atoms with van der Waals surface area (Å²) in [5, 5.41) is 11.0. The molecule has 1 heterocycles. The van der Waals surface area contributed by atoms with Crippen LogP contribution >= 0.6 is 11.8 Å². The van der Waals surface area contributed by atoms with Crippen LogP contribution in [0.25, 0.3) is 11.4 Å². The van der Waals surface area contributed by atoms with E-state index in [0.29, 0.717) is 5.16 Å². The standard InChI is InChI=1S/C19H27N5O3S/c1-5-6-11-24-16(13-7-9-14(27-4)10-8-13)22-23-19(24)28-15(12(2)3)17(25)21-18(20)26/h7-10,12,15H,5-6,11H2,1-4H3,(H3,20,21,25,26)/t15-/m0/s1. The van der Waals surface area contributed by atoms with Gasteiger partial charge in [0.15, 0.2) is 11.0 Å². The molecule has 0 aliphatic rings. The van der Waals surface area contributed by atoms with Crippen molar-refractivity contribution in [1.82, 2.24) is 20.1 Å². The summed E-state index contributed by atoms with van der Waals surface area (Å²) >= 11 is 1.29. The van der Waals surface area contributed by atoms with E-state index in [-0.39, 0.29) is 5.92 Å². The van der Waals surface area contributed by atoms with Crippen molar-refractivity contribution in [2.24, 2.45) is 11.7 Å². The molecule has 9 heteroatoms. The highest BCUT2D eigenvalue weighted by Gasteiger charge is 2.27. The van der Waals surface area contributed by atoms with Gasteiger partial charge in [0.05, 0.1) is 12.4 Å². The van der Waals surface area contributed by atoms with Crippen LogP contribution in [0.3, 0.4) is 0 Å². The van der Waals surface area contributed by atoms with Gasteiger partial charge in [0.2, 0.25) is 5.91 Å². The first kappa shape index (κ1) is 21.7. The van der Waals surface area contributed by atoms with E-state index in [1.165, 1.54) is 11.8 Å². The number of carbonyl (C=O) groups excluding carboxylic acids is 2. The maximum atomic E-state index is 12.4. The SMILES string of the molecule is CCCCn1c(S[C@H](C(=O)NC(N)=O)C(C)C)nnc1-c1ccc(OC)cc1. The lowest BCUT2D eigenvalue weighted by Crippen LogP contribution is -2.42. The second-order valence-corrected chi connectivity index (χ2v) is 7.78. The van der Waals surface area contributed by atoms with Crippen LogP contribution in [-0.2, 0) is 11.3 Å². The number of ether oxygens (including phenoxy) is 1. The molecule has 1 aromatic carbocycles. The molecule has 1 aromatic heterocycles. The Morgan fingerprint density at radius 3 is 2.46 bits per heavy atom. The third kappa shape index (κ3) is 5.48. The van der Waals surface area contributed by atoms with Gasteiger partial charge in [-0.05, 0) is 36.6 Å². The fourth-order valence-corrected chi connectivity index (χ4v) is 3.70. The molecule has 0 spiro atoms. The second-order valence-electron chi connectivity index (χ2n) is 6.68. The quantitative estimate of drug-likeness (QED) is 0.620. The molecule has 0 unspecified atom stereocenters. The Kier molecular flexibility index (Phi) is 7.86. The van der Waals surface area contributed by atoms with Gasteiger partial charge in [-0.2, -0.15) is 0 Å². The second kappa shape index (κ2) is 10.1. The zero-order chi connectivity index (χ0) is 20.7. The number of aromatic nitrogens is 3. The molecule has 0 bridgehead atoms. The highest BCUT2D eigenvalue weighted by molar-refractivity contribution is 8.00. The highest BCUT2D eigenvalue weighted by atomic mass is 32.2. The van der Waals surface area contributed by atoms with E-state index >= 15 is 0 Å². The van der Waals surface area contributed by atoms with Crippen molar-refractivity contribution in [3.8, 4) is 17.1 Å². The monoisotopic (exact) mass is 405 g/mol. The molecule has 2 rings (SSSR count). The summed E-state index contributed by atoms with van der Waals surface area (Å²) < 4.78 is 7.23. The number of hydrogen-bond acceptors (Lipinski definition) is 6. The van der Waals surface area contributed by atoms with Crippen LogP contribution in [0.4, 0.5) is 4.79 Å². The minimum absolute atomic E-state index is 0.0230. The van der Waals surface area contributed by atoms with E-state index in [2.05, 4.69) is 22.4 Å². The Balaban J connectivity index is 2.35. The molecule has 3 amide bonds. The summed E-state index contributed by atoms with van der Waals surface area (Å²) in [6, 6.07) is 6.75. The van der Waals surface area contributed by atoms with Gasteiger partial charge in [0.25, 0.3) is 0 Å².